The van der Waals surface area contributed by atoms with Crippen LogP contribution in [0.2, 0.25) is 0 Å². The molecule has 0 aliphatic heterocycles. The predicted molar refractivity (Wildman–Crippen MR) is 96.3 cm³/mol. The molecule has 0 spiro atoms. The van der Waals surface area contributed by atoms with E-state index in [4.69, 9.17) is 10.6 Å². The summed E-state index contributed by atoms with van der Waals surface area (Å²) in [7, 11) is 3.50. The van der Waals surface area contributed by atoms with Crippen LogP contribution in [-0.2, 0) is 26.2 Å². The Labute approximate surface area is 159 Å². The van der Waals surface area contributed by atoms with Gasteiger partial charge in [0.15, 0.2) is 0 Å². The molecule has 0 bridgehead atoms. The Kier molecular flexibility index (Phi) is 12.9. The van der Waals surface area contributed by atoms with Crippen molar-refractivity contribution in [2.45, 2.75) is 72.4 Å². The van der Waals surface area contributed by atoms with E-state index in [1.54, 1.807) is 20.0 Å². The van der Waals surface area contributed by atoms with E-state index in [0.717, 1.165) is 13.1 Å². The average molecular weight is 387 g/mol. The van der Waals surface area contributed by atoms with Crippen LogP contribution < -0.4 is 0 Å². The quantitative estimate of drug-likeness (QED) is 0.567. The predicted octanol–water partition coefficient (Wildman–Crippen LogP) is 5.57. The van der Waals surface area contributed by atoms with Gasteiger partial charge in [-0.3, -0.25) is 0 Å². The summed E-state index contributed by atoms with van der Waals surface area (Å²) in [5, 5.41) is 13.1. The fourth-order valence-corrected chi connectivity index (χ4v) is 2.43. The fraction of sp³-hybridized carbons (Fsp3) is 0.944. The molecule has 0 saturated heterocycles. The van der Waals surface area contributed by atoms with Crippen LogP contribution in [0.4, 0.5) is 0 Å². The Balaban J connectivity index is 0. The van der Waals surface area contributed by atoms with Gasteiger partial charge in [0.05, 0.1) is 0 Å². The molecule has 1 aliphatic rings. The van der Waals surface area contributed by atoms with Crippen LogP contribution >= 0.6 is 0 Å². The van der Waals surface area contributed by atoms with Crippen molar-refractivity contribution in [2.75, 3.05) is 27.2 Å². The maximum Gasteiger partial charge on any atom is 4.00 e. The third-order valence-corrected chi connectivity index (χ3v) is 3.72. The summed E-state index contributed by atoms with van der Waals surface area (Å²) in [6, 6.07) is 0. The van der Waals surface area contributed by atoms with Crippen molar-refractivity contribution in [3.05, 3.63) is 21.9 Å². The van der Waals surface area contributed by atoms with Gasteiger partial charge in [-0.1, -0.05) is 54.4 Å². The zero-order chi connectivity index (χ0) is 16.7. The van der Waals surface area contributed by atoms with Gasteiger partial charge in [-0.05, 0) is 0 Å². The standard InChI is InChI=1S/C16H31N2.C2H6N.Zr/c1-12-13(10-17-15(2,3)4)8-9-14(12)11-18-16(5,6)7;1-3-2;/h13-14H,8-11H2,1-7H3;1-2H3;/q-3;-1;+4. The summed E-state index contributed by atoms with van der Waals surface area (Å²) in [5.74, 6) is 3.03. The largest absolute Gasteiger partial charge is 4.00 e. The van der Waals surface area contributed by atoms with Crippen molar-refractivity contribution < 1.29 is 26.2 Å². The molecule has 0 N–H and O–H groups in total. The van der Waals surface area contributed by atoms with Crippen LogP contribution in [0.5, 0.6) is 0 Å². The van der Waals surface area contributed by atoms with Crippen LogP contribution in [0.1, 0.15) is 61.3 Å². The van der Waals surface area contributed by atoms with Gasteiger partial charge in [0.2, 0.25) is 0 Å². The van der Waals surface area contributed by atoms with Gasteiger partial charge in [-0.2, -0.15) is 45.9 Å². The molecule has 0 aromatic carbocycles. The first-order chi connectivity index (χ1) is 9.50. The van der Waals surface area contributed by atoms with Gasteiger partial charge < -0.3 is 21.9 Å². The molecular weight excluding hydrogens is 349 g/mol. The van der Waals surface area contributed by atoms with Crippen LogP contribution in [0, 0.1) is 17.8 Å². The second-order valence-corrected chi connectivity index (χ2v) is 8.19. The summed E-state index contributed by atoms with van der Waals surface area (Å²) in [6.45, 7) is 17.4. The Bertz CT molecular complexity index is 242. The van der Waals surface area contributed by atoms with E-state index >= 15 is 0 Å². The van der Waals surface area contributed by atoms with Crippen LogP contribution in [-0.4, -0.2) is 38.3 Å². The van der Waals surface area contributed by atoms with E-state index in [0.29, 0.717) is 11.8 Å². The van der Waals surface area contributed by atoms with Crippen molar-refractivity contribution in [2.24, 2.45) is 11.8 Å². The molecule has 2 atom stereocenters. The fourth-order valence-electron chi connectivity index (χ4n) is 2.43. The number of rotatable bonds is 4. The third kappa shape index (κ3) is 12.2. The molecule has 0 heterocycles. The van der Waals surface area contributed by atoms with Crippen molar-refractivity contribution >= 4 is 0 Å². The van der Waals surface area contributed by atoms with Crippen LogP contribution in [0.15, 0.2) is 0 Å². The summed E-state index contributed by atoms with van der Waals surface area (Å²) in [4.78, 5) is 0. The maximum atomic E-state index is 4.78. The zero-order valence-corrected chi connectivity index (χ0v) is 18.8. The molecule has 1 fully saturated rings. The minimum Gasteiger partial charge on any atom is -0.668 e. The molecule has 1 saturated carbocycles. The van der Waals surface area contributed by atoms with Crippen molar-refractivity contribution in [1.82, 2.24) is 0 Å². The zero-order valence-electron chi connectivity index (χ0n) is 16.3. The molecular formula is C18H37N3Zr. The minimum atomic E-state index is 0. The first-order valence-electron chi connectivity index (χ1n) is 8.18. The average Bonchev–Trinajstić information content (AvgIpc) is 2.64. The minimum absolute atomic E-state index is 0. The van der Waals surface area contributed by atoms with Crippen LogP contribution in [0.3, 0.4) is 0 Å². The molecule has 0 amide bonds. The maximum absolute atomic E-state index is 4.78. The number of nitrogens with zero attached hydrogens (tertiary/aromatic N) is 3. The van der Waals surface area contributed by atoms with Gasteiger partial charge in [0.25, 0.3) is 0 Å². The first-order valence-corrected chi connectivity index (χ1v) is 8.18. The third-order valence-electron chi connectivity index (χ3n) is 3.72. The summed E-state index contributed by atoms with van der Waals surface area (Å²) >= 11 is 0. The number of hydrogen-bond donors (Lipinski definition) is 0. The molecule has 128 valence electrons. The van der Waals surface area contributed by atoms with Gasteiger partial charge in [0.1, 0.15) is 0 Å². The summed E-state index contributed by atoms with van der Waals surface area (Å²) in [5.41, 5.74) is 0.211. The van der Waals surface area contributed by atoms with E-state index in [1.165, 1.54) is 12.8 Å². The summed E-state index contributed by atoms with van der Waals surface area (Å²) in [6.07, 6.45) is 2.60. The Morgan fingerprint density at radius 2 is 1.09 bits per heavy atom. The monoisotopic (exact) mass is 385 g/mol. The van der Waals surface area contributed by atoms with Crippen molar-refractivity contribution in [3.8, 4) is 0 Å². The van der Waals surface area contributed by atoms with Crippen molar-refractivity contribution in [1.29, 1.82) is 0 Å². The smallest absolute Gasteiger partial charge is 0.668 e. The summed E-state index contributed by atoms with van der Waals surface area (Å²) < 4.78 is 0. The van der Waals surface area contributed by atoms with E-state index in [1.807, 2.05) is 0 Å². The second kappa shape index (κ2) is 11.3. The van der Waals surface area contributed by atoms with Gasteiger partial charge in [0, 0.05) is 0 Å². The topological polar surface area (TPSA) is 42.3 Å². The molecule has 1 rings (SSSR count). The van der Waals surface area contributed by atoms with Gasteiger partial charge >= 0.3 is 26.2 Å². The van der Waals surface area contributed by atoms with Gasteiger partial charge in [-0.15, -0.1) is 11.1 Å². The van der Waals surface area contributed by atoms with Crippen molar-refractivity contribution in [3.63, 3.8) is 0 Å². The molecule has 0 aromatic rings. The normalized spacial score (nSPS) is 22.8. The first kappa shape index (κ1) is 25.0. The number of hydrogen-bond acceptors (Lipinski definition) is 0. The molecule has 1 aliphatic carbocycles. The Morgan fingerprint density at radius 3 is 1.32 bits per heavy atom. The van der Waals surface area contributed by atoms with Crippen LogP contribution in [0.25, 0.3) is 16.0 Å². The molecule has 2 unspecified atom stereocenters. The Morgan fingerprint density at radius 1 is 0.818 bits per heavy atom. The molecule has 0 radical (unpaired) electrons. The van der Waals surface area contributed by atoms with E-state index in [9.17, 15) is 0 Å². The van der Waals surface area contributed by atoms with E-state index in [2.05, 4.69) is 53.8 Å². The van der Waals surface area contributed by atoms with E-state index < -0.39 is 0 Å². The molecule has 3 nitrogen and oxygen atoms in total. The molecule has 22 heavy (non-hydrogen) atoms. The van der Waals surface area contributed by atoms with Gasteiger partial charge in [-0.25, -0.2) is 0 Å². The second-order valence-electron chi connectivity index (χ2n) is 8.19. The molecule has 0 aromatic heterocycles. The SMILES string of the molecule is C[C-]1C(C[N-]C(C)(C)C)CCC1C[N-]C(C)(C)C.C[N-]C.[Zr+4]. The molecule has 4 heteroatoms. The Hall–Kier alpha value is 0.763. The van der Waals surface area contributed by atoms with E-state index in [-0.39, 0.29) is 37.3 Å².